The first-order valence-electron chi connectivity index (χ1n) is 9.26. The van der Waals surface area contributed by atoms with Crippen LogP contribution in [0.5, 0.6) is 0 Å². The van der Waals surface area contributed by atoms with E-state index in [1.165, 1.54) is 17.0 Å². The van der Waals surface area contributed by atoms with Gasteiger partial charge in [-0.05, 0) is 49.2 Å². The Bertz CT molecular complexity index is 1030. The lowest BCUT2D eigenvalue weighted by atomic mass is 9.98. The fourth-order valence-corrected chi connectivity index (χ4v) is 4.40. The Labute approximate surface area is 175 Å². The predicted octanol–water partition coefficient (Wildman–Crippen LogP) is 3.20. The van der Waals surface area contributed by atoms with Crippen LogP contribution in [0.25, 0.3) is 0 Å². The van der Waals surface area contributed by atoms with Crippen LogP contribution >= 0.6 is 15.9 Å². The molecule has 2 aromatic rings. The minimum Gasteiger partial charge on any atom is -0.350 e. The average Bonchev–Trinajstić information content (AvgIpc) is 3.01. The van der Waals surface area contributed by atoms with E-state index in [1.807, 2.05) is 6.92 Å². The minimum absolute atomic E-state index is 0.0680. The molecule has 1 atom stereocenters. The monoisotopic (exact) mass is 459 g/mol. The highest BCUT2D eigenvalue weighted by molar-refractivity contribution is 9.10. The SMILES string of the molecule is CC12CCC(=O)N1c1ccccc1C(=O)N2CC(=O)NCc1cc(F)ccc1Br. The van der Waals surface area contributed by atoms with Crippen LogP contribution in [0.3, 0.4) is 0 Å². The molecule has 2 aliphatic heterocycles. The molecule has 1 fully saturated rings. The molecule has 1 unspecified atom stereocenters. The molecule has 8 heteroatoms. The summed E-state index contributed by atoms with van der Waals surface area (Å²) in [5.41, 5.74) is 0.695. The van der Waals surface area contributed by atoms with Crippen LogP contribution < -0.4 is 10.2 Å². The fraction of sp³-hybridized carbons (Fsp3) is 0.286. The molecule has 2 aliphatic rings. The average molecular weight is 460 g/mol. The summed E-state index contributed by atoms with van der Waals surface area (Å²) in [6, 6.07) is 11.2. The third-order valence-electron chi connectivity index (χ3n) is 5.53. The highest BCUT2D eigenvalue weighted by atomic mass is 79.9. The molecule has 0 aromatic heterocycles. The maximum atomic E-state index is 13.4. The largest absolute Gasteiger partial charge is 0.350 e. The summed E-state index contributed by atoms with van der Waals surface area (Å²) in [4.78, 5) is 41.4. The molecule has 0 spiro atoms. The Kier molecular flexibility index (Phi) is 4.90. The third kappa shape index (κ3) is 3.31. The molecule has 2 heterocycles. The summed E-state index contributed by atoms with van der Waals surface area (Å²) in [5.74, 6) is -1.13. The van der Waals surface area contributed by atoms with E-state index in [9.17, 15) is 18.8 Å². The van der Waals surface area contributed by atoms with Gasteiger partial charge >= 0.3 is 0 Å². The van der Waals surface area contributed by atoms with Gasteiger partial charge in [-0.25, -0.2) is 4.39 Å². The molecule has 29 heavy (non-hydrogen) atoms. The predicted molar refractivity (Wildman–Crippen MR) is 109 cm³/mol. The Hall–Kier alpha value is -2.74. The summed E-state index contributed by atoms with van der Waals surface area (Å²) in [6.45, 7) is 1.73. The summed E-state index contributed by atoms with van der Waals surface area (Å²) >= 11 is 3.33. The fourth-order valence-electron chi connectivity index (χ4n) is 4.01. The number of anilines is 1. The normalized spacial score (nSPS) is 20.5. The number of benzene rings is 2. The second-order valence-electron chi connectivity index (χ2n) is 7.37. The van der Waals surface area contributed by atoms with E-state index in [0.29, 0.717) is 34.1 Å². The minimum atomic E-state index is -0.890. The highest BCUT2D eigenvalue weighted by Gasteiger charge is 2.53. The van der Waals surface area contributed by atoms with Crippen molar-refractivity contribution in [1.29, 1.82) is 0 Å². The molecule has 2 aromatic carbocycles. The van der Waals surface area contributed by atoms with Gasteiger partial charge in [0.15, 0.2) is 0 Å². The Balaban J connectivity index is 1.56. The Morgan fingerprint density at radius 1 is 1.24 bits per heavy atom. The first kappa shape index (κ1) is 19.6. The number of hydrogen-bond acceptors (Lipinski definition) is 3. The van der Waals surface area contributed by atoms with Crippen molar-refractivity contribution in [3.63, 3.8) is 0 Å². The van der Waals surface area contributed by atoms with Gasteiger partial charge in [0.2, 0.25) is 11.8 Å². The second kappa shape index (κ2) is 7.26. The Morgan fingerprint density at radius 3 is 2.79 bits per heavy atom. The van der Waals surface area contributed by atoms with Crippen molar-refractivity contribution in [1.82, 2.24) is 10.2 Å². The highest BCUT2D eigenvalue weighted by Crippen LogP contribution is 2.43. The van der Waals surface area contributed by atoms with Gasteiger partial charge in [0.05, 0.1) is 11.3 Å². The molecular formula is C21H19BrFN3O3. The number of carbonyl (C=O) groups excluding carboxylic acids is 3. The van der Waals surface area contributed by atoms with Gasteiger partial charge in [0.1, 0.15) is 18.0 Å². The van der Waals surface area contributed by atoms with Gasteiger partial charge in [-0.3, -0.25) is 19.3 Å². The lowest BCUT2D eigenvalue weighted by Gasteiger charge is -2.48. The molecule has 4 rings (SSSR count). The van der Waals surface area contributed by atoms with Crippen LogP contribution in [0.2, 0.25) is 0 Å². The number of amides is 3. The number of nitrogens with zero attached hydrogens (tertiary/aromatic N) is 2. The van der Waals surface area contributed by atoms with Gasteiger partial charge in [-0.15, -0.1) is 0 Å². The van der Waals surface area contributed by atoms with Gasteiger partial charge in [-0.2, -0.15) is 0 Å². The number of fused-ring (bicyclic) bond motifs is 3. The zero-order valence-electron chi connectivity index (χ0n) is 15.7. The Morgan fingerprint density at radius 2 is 2.00 bits per heavy atom. The lowest BCUT2D eigenvalue weighted by molar-refractivity contribution is -0.124. The van der Waals surface area contributed by atoms with Crippen molar-refractivity contribution in [2.24, 2.45) is 0 Å². The number of hydrogen-bond donors (Lipinski definition) is 1. The molecule has 0 saturated carbocycles. The molecule has 150 valence electrons. The van der Waals surface area contributed by atoms with Crippen LogP contribution in [0.1, 0.15) is 35.7 Å². The quantitative estimate of drug-likeness (QED) is 0.762. The summed E-state index contributed by atoms with van der Waals surface area (Å²) in [5, 5.41) is 2.73. The maximum Gasteiger partial charge on any atom is 0.258 e. The van der Waals surface area contributed by atoms with Gasteiger partial charge in [-0.1, -0.05) is 28.1 Å². The first-order valence-corrected chi connectivity index (χ1v) is 10.1. The molecule has 0 bridgehead atoms. The number of halogens is 2. The molecule has 3 amide bonds. The molecule has 0 aliphatic carbocycles. The zero-order chi connectivity index (χ0) is 20.8. The van der Waals surface area contributed by atoms with Crippen LogP contribution in [0, 0.1) is 5.82 Å². The number of rotatable bonds is 4. The van der Waals surface area contributed by atoms with Gasteiger partial charge in [0, 0.05) is 17.4 Å². The van der Waals surface area contributed by atoms with E-state index >= 15 is 0 Å². The van der Waals surface area contributed by atoms with Crippen LogP contribution in [0.4, 0.5) is 10.1 Å². The van der Waals surface area contributed by atoms with Gasteiger partial charge in [0.25, 0.3) is 5.91 Å². The van der Waals surface area contributed by atoms with Crippen molar-refractivity contribution in [3.05, 3.63) is 63.9 Å². The number of para-hydroxylation sites is 1. The first-order chi connectivity index (χ1) is 13.8. The van der Waals surface area contributed by atoms with Crippen LogP contribution in [-0.4, -0.2) is 34.8 Å². The number of carbonyl (C=O) groups is 3. The summed E-state index contributed by atoms with van der Waals surface area (Å²) < 4.78 is 14.1. The van der Waals surface area contributed by atoms with Crippen LogP contribution in [-0.2, 0) is 16.1 Å². The maximum absolute atomic E-state index is 13.4. The van der Waals surface area contributed by atoms with E-state index in [1.54, 1.807) is 35.2 Å². The third-order valence-corrected chi connectivity index (χ3v) is 6.30. The van der Waals surface area contributed by atoms with E-state index in [2.05, 4.69) is 21.2 Å². The second-order valence-corrected chi connectivity index (χ2v) is 8.22. The molecule has 6 nitrogen and oxygen atoms in total. The van der Waals surface area contributed by atoms with Crippen molar-refractivity contribution in [3.8, 4) is 0 Å². The standard InChI is InChI=1S/C21H19BrFN3O3/c1-21-9-8-19(28)26(21)17-5-3-2-4-15(17)20(29)25(21)12-18(27)24-11-13-10-14(23)6-7-16(13)22/h2-7,10H,8-9,11-12H2,1H3,(H,24,27). The lowest BCUT2D eigenvalue weighted by Crippen LogP contribution is -2.63. The summed E-state index contributed by atoms with van der Waals surface area (Å²) in [6.07, 6.45) is 0.765. The van der Waals surface area contributed by atoms with Crippen LogP contribution in [0.15, 0.2) is 46.9 Å². The van der Waals surface area contributed by atoms with E-state index in [0.717, 1.165) is 0 Å². The van der Waals surface area contributed by atoms with Crippen molar-refractivity contribution < 1.29 is 18.8 Å². The number of nitrogens with one attached hydrogen (secondary N) is 1. The van der Waals surface area contributed by atoms with E-state index in [4.69, 9.17) is 0 Å². The molecular weight excluding hydrogens is 441 g/mol. The topological polar surface area (TPSA) is 69.7 Å². The van der Waals surface area contributed by atoms with Crippen molar-refractivity contribution >= 4 is 39.3 Å². The summed E-state index contributed by atoms with van der Waals surface area (Å²) in [7, 11) is 0. The molecule has 1 N–H and O–H groups in total. The van der Waals surface area contributed by atoms with Crippen molar-refractivity contribution in [2.45, 2.75) is 32.0 Å². The van der Waals surface area contributed by atoms with E-state index < -0.39 is 11.5 Å². The molecule has 1 saturated heterocycles. The van der Waals surface area contributed by atoms with E-state index in [-0.39, 0.29) is 30.8 Å². The van der Waals surface area contributed by atoms with Gasteiger partial charge < -0.3 is 10.2 Å². The molecule has 0 radical (unpaired) electrons. The zero-order valence-corrected chi connectivity index (χ0v) is 17.3. The van der Waals surface area contributed by atoms with Crippen molar-refractivity contribution in [2.75, 3.05) is 11.4 Å². The smallest absolute Gasteiger partial charge is 0.258 e.